The maximum absolute atomic E-state index is 11.7. The van der Waals surface area contributed by atoms with Gasteiger partial charge in [0.05, 0.1) is 35.4 Å². The van der Waals surface area contributed by atoms with E-state index in [9.17, 15) is 9.90 Å². The van der Waals surface area contributed by atoms with Gasteiger partial charge in [0.2, 0.25) is 0 Å². The molecule has 2 atom stereocenters. The number of benzene rings is 2. The molecule has 2 bridgehead atoms. The largest absolute Gasteiger partial charge is 0.495 e. The predicted octanol–water partition coefficient (Wildman–Crippen LogP) is 7.00. The zero-order valence-corrected chi connectivity index (χ0v) is 24.3. The van der Waals surface area contributed by atoms with E-state index in [-0.39, 0.29) is 35.4 Å². The van der Waals surface area contributed by atoms with Crippen LogP contribution in [0.5, 0.6) is 5.75 Å². The first-order valence-electron chi connectivity index (χ1n) is 14.0. The van der Waals surface area contributed by atoms with Crippen molar-refractivity contribution in [2.75, 3.05) is 12.0 Å². The second-order valence-corrected chi connectivity index (χ2v) is 11.8. The van der Waals surface area contributed by atoms with Gasteiger partial charge in [0.15, 0.2) is 0 Å². The van der Waals surface area contributed by atoms with E-state index in [1.54, 1.807) is 24.3 Å². The van der Waals surface area contributed by atoms with Crippen LogP contribution in [0.25, 0.3) is 22.7 Å². The van der Waals surface area contributed by atoms with Crippen LogP contribution in [0, 0.1) is 0 Å². The average Bonchev–Trinajstić information content (AvgIpc) is 3.45. The molecular weight excluding hydrogens is 583 g/mol. The third kappa shape index (κ3) is 4.81. The fraction of sp³-hybridized carbons (Fsp3) is 0.400. The summed E-state index contributed by atoms with van der Waals surface area (Å²) in [5.41, 5.74) is 2.71. The van der Waals surface area contributed by atoms with E-state index in [1.165, 1.54) is 13.2 Å². The van der Waals surface area contributed by atoms with Crippen molar-refractivity contribution in [3.8, 4) is 28.5 Å². The molecule has 2 saturated heterocycles. The smallest absolute Gasteiger partial charge is 0.339 e. The minimum Gasteiger partial charge on any atom is -0.495 e. The van der Waals surface area contributed by atoms with Crippen molar-refractivity contribution < 1.29 is 28.4 Å². The highest BCUT2D eigenvalue weighted by atomic mass is 35.5. The lowest BCUT2D eigenvalue weighted by molar-refractivity contribution is 0.0144. The summed E-state index contributed by atoms with van der Waals surface area (Å²) in [5, 5.41) is 19.2. The quantitative estimate of drug-likeness (QED) is 0.212. The summed E-state index contributed by atoms with van der Waals surface area (Å²) in [6.45, 7) is 0.363. The lowest BCUT2D eigenvalue weighted by atomic mass is 9.99. The molecule has 4 heterocycles. The number of para-hydroxylation sites is 1. The number of piperidine rings is 1. The van der Waals surface area contributed by atoms with Crippen LogP contribution in [0.2, 0.25) is 10.0 Å². The Morgan fingerprint density at radius 2 is 1.74 bits per heavy atom. The first-order chi connectivity index (χ1) is 20.4. The number of carboxylic acid groups (broad SMARTS) is 1. The van der Waals surface area contributed by atoms with Crippen molar-refractivity contribution in [1.82, 2.24) is 15.3 Å². The standard InChI is InChI=1S/C30H28Cl2N4O6/c1-39-27-19(4-2-5-20(27)29(37)38)28-33-30(35-42-28)36-16-10-11-17(36)13-18(12-16)40-14-21-25(34-41-26(21)15-8-9-15)24-22(31)6-3-7-23(24)32/h2-7,15-18H,8-14H2,1H3,(H,37,38). The van der Waals surface area contributed by atoms with Crippen LogP contribution < -0.4 is 9.64 Å². The van der Waals surface area contributed by atoms with Gasteiger partial charge in [0.25, 0.3) is 11.8 Å². The number of anilines is 1. The number of carbonyl (C=O) groups is 1. The van der Waals surface area contributed by atoms with Crippen LogP contribution in [0.4, 0.5) is 5.95 Å². The van der Waals surface area contributed by atoms with Crippen LogP contribution in [-0.4, -0.2) is 51.7 Å². The van der Waals surface area contributed by atoms with Gasteiger partial charge in [-0.3, -0.25) is 0 Å². The van der Waals surface area contributed by atoms with Gasteiger partial charge in [0, 0.05) is 29.1 Å². The summed E-state index contributed by atoms with van der Waals surface area (Å²) < 4.78 is 23.3. The van der Waals surface area contributed by atoms with Crippen molar-refractivity contribution in [2.24, 2.45) is 0 Å². The summed E-state index contributed by atoms with van der Waals surface area (Å²) in [6.07, 6.45) is 5.78. The van der Waals surface area contributed by atoms with E-state index >= 15 is 0 Å². The first-order valence-corrected chi connectivity index (χ1v) is 14.8. The molecule has 2 unspecified atom stereocenters. The molecular formula is C30H28Cl2N4O6. The second kappa shape index (κ2) is 10.9. The topological polar surface area (TPSA) is 124 Å². The molecule has 10 nitrogen and oxygen atoms in total. The molecule has 3 aliphatic rings. The van der Waals surface area contributed by atoms with Crippen molar-refractivity contribution in [3.05, 3.63) is 63.3 Å². The Bertz CT molecular complexity index is 1620. The highest BCUT2D eigenvalue weighted by Crippen LogP contribution is 2.47. The molecule has 7 rings (SSSR count). The van der Waals surface area contributed by atoms with E-state index in [0.717, 1.165) is 49.8 Å². The Balaban J connectivity index is 1.08. The molecule has 1 aliphatic carbocycles. The van der Waals surface area contributed by atoms with Gasteiger partial charge < -0.3 is 28.5 Å². The summed E-state index contributed by atoms with van der Waals surface area (Å²) in [7, 11) is 1.42. The molecule has 1 N–H and O–H groups in total. The summed E-state index contributed by atoms with van der Waals surface area (Å²) >= 11 is 13.0. The minimum atomic E-state index is -1.09. The molecule has 2 aromatic carbocycles. The lowest BCUT2D eigenvalue weighted by Crippen LogP contribution is -2.46. The fourth-order valence-corrected chi connectivity index (χ4v) is 6.94. The number of ether oxygens (including phenoxy) is 2. The number of hydrogen-bond donors (Lipinski definition) is 1. The molecule has 42 heavy (non-hydrogen) atoms. The zero-order chi connectivity index (χ0) is 29.0. The third-order valence-corrected chi connectivity index (χ3v) is 9.08. The number of hydrogen-bond acceptors (Lipinski definition) is 9. The summed E-state index contributed by atoms with van der Waals surface area (Å²) in [4.78, 5) is 18.5. The molecule has 0 radical (unpaired) electrons. The number of aromatic nitrogens is 3. The first kappa shape index (κ1) is 27.2. The molecule has 0 amide bonds. The Morgan fingerprint density at radius 3 is 2.40 bits per heavy atom. The molecule has 4 aromatic rings. The van der Waals surface area contributed by atoms with Crippen LogP contribution in [-0.2, 0) is 11.3 Å². The van der Waals surface area contributed by atoms with Gasteiger partial charge in [-0.2, -0.15) is 4.98 Å². The molecule has 218 valence electrons. The lowest BCUT2D eigenvalue weighted by Gasteiger charge is -2.37. The molecule has 12 heteroatoms. The molecule has 2 aromatic heterocycles. The van der Waals surface area contributed by atoms with Gasteiger partial charge in [-0.05, 0) is 67.9 Å². The SMILES string of the molecule is COc1c(C(=O)O)cccc1-c1nc(N2C3CCC2CC(OCc2c(-c4c(Cl)cccc4Cl)noc2C2CC2)C3)no1. The van der Waals surface area contributed by atoms with E-state index < -0.39 is 5.97 Å². The molecule has 1 saturated carbocycles. The maximum Gasteiger partial charge on any atom is 0.339 e. The Morgan fingerprint density at radius 1 is 1.02 bits per heavy atom. The highest BCUT2D eigenvalue weighted by Gasteiger charge is 2.44. The van der Waals surface area contributed by atoms with Gasteiger partial charge >= 0.3 is 5.97 Å². The zero-order valence-electron chi connectivity index (χ0n) is 22.8. The highest BCUT2D eigenvalue weighted by molar-refractivity contribution is 6.39. The molecule has 2 aliphatic heterocycles. The number of methoxy groups -OCH3 is 1. The van der Waals surface area contributed by atoms with Crippen LogP contribution in [0.15, 0.2) is 45.4 Å². The second-order valence-electron chi connectivity index (χ2n) is 11.0. The average molecular weight is 611 g/mol. The predicted molar refractivity (Wildman–Crippen MR) is 154 cm³/mol. The molecule has 0 spiro atoms. The molecule has 3 fully saturated rings. The van der Waals surface area contributed by atoms with Gasteiger partial charge in [-0.1, -0.05) is 40.5 Å². The Kier molecular flexibility index (Phi) is 7.08. The number of nitrogens with zero attached hydrogens (tertiary/aromatic N) is 4. The van der Waals surface area contributed by atoms with Crippen LogP contribution in [0.3, 0.4) is 0 Å². The number of fused-ring (bicyclic) bond motifs is 2. The number of rotatable bonds is 9. The van der Waals surface area contributed by atoms with Gasteiger partial charge in [-0.25, -0.2) is 4.79 Å². The minimum absolute atomic E-state index is 0.0328. The van der Waals surface area contributed by atoms with E-state index in [0.29, 0.717) is 45.3 Å². The normalized spacial score (nSPS) is 21.6. The number of carboxylic acids is 1. The third-order valence-electron chi connectivity index (χ3n) is 8.45. The number of aromatic carboxylic acids is 1. The van der Waals surface area contributed by atoms with Gasteiger partial charge in [-0.15, -0.1) is 0 Å². The van der Waals surface area contributed by atoms with Crippen LogP contribution >= 0.6 is 23.2 Å². The van der Waals surface area contributed by atoms with Crippen molar-refractivity contribution >= 4 is 35.1 Å². The van der Waals surface area contributed by atoms with Crippen molar-refractivity contribution in [1.29, 1.82) is 0 Å². The monoisotopic (exact) mass is 610 g/mol. The summed E-state index contributed by atoms with van der Waals surface area (Å²) in [6, 6.07) is 10.6. The number of halogens is 2. The maximum atomic E-state index is 11.7. The van der Waals surface area contributed by atoms with Gasteiger partial charge in [0.1, 0.15) is 22.8 Å². The fourth-order valence-electron chi connectivity index (χ4n) is 6.36. The van der Waals surface area contributed by atoms with E-state index in [1.807, 2.05) is 6.07 Å². The Labute approximate surface area is 251 Å². The summed E-state index contributed by atoms with van der Waals surface area (Å²) in [5.74, 6) is 1.02. The van der Waals surface area contributed by atoms with E-state index in [2.05, 4.69) is 20.2 Å². The van der Waals surface area contributed by atoms with Crippen molar-refractivity contribution in [2.45, 2.75) is 69.2 Å². The van der Waals surface area contributed by atoms with Crippen LogP contribution in [0.1, 0.15) is 66.1 Å². The van der Waals surface area contributed by atoms with Crippen molar-refractivity contribution in [3.63, 3.8) is 0 Å². The Hall–Kier alpha value is -3.60. The van der Waals surface area contributed by atoms with E-state index in [4.69, 9.17) is 41.7 Å².